The number of aliphatic carboxylic acids is 1. The first-order valence-electron chi connectivity index (χ1n) is 0.908. The summed E-state index contributed by atoms with van der Waals surface area (Å²) in [6, 6.07) is 0. The Kier molecular flexibility index (Phi) is 119. The van der Waals surface area contributed by atoms with Crippen LogP contribution in [0.15, 0.2) is 0 Å². The predicted molar refractivity (Wildman–Crippen MR) is 12.1 cm³/mol. The Morgan fingerprint density at radius 2 is 1.38 bits per heavy atom. The molecule has 0 aromatic carbocycles. The fourth-order valence-corrected chi connectivity index (χ4v) is 0. The Balaban J connectivity index is -0.00000000750. The molecule has 0 heterocycles. The van der Waals surface area contributed by atoms with E-state index >= 15 is 0 Å². The third kappa shape index (κ3) is 456. The summed E-state index contributed by atoms with van der Waals surface area (Å²) >= 11 is 0. The van der Waals surface area contributed by atoms with Gasteiger partial charge in [0.25, 0.3) is 0 Å². The molecule has 4 nitrogen and oxygen atoms in total. The maximum Gasteiger partial charge on any atom is 4.00 e. The van der Waals surface area contributed by atoms with E-state index < -0.39 is 5.97 Å². The standard InChI is InChI=1S/C2H4O2.2O.Ti.V/c1-2(3)4;;;;/h1H3,(H,3,4);;;;/q;2*-2;+4;/p-1. The second-order valence-corrected chi connectivity index (χ2v) is 0.492. The minimum absolute atomic E-state index is 0. The van der Waals surface area contributed by atoms with Crippen molar-refractivity contribution in [2.75, 3.05) is 0 Å². The SMILES string of the molecule is CC(=O)[O-].[O-2].[O-2].[Ti+4].[V]. The maximum absolute atomic E-state index is 8.89. The quantitative estimate of drug-likeness (QED) is 0.434. The zero-order chi connectivity index (χ0) is 3.58. The monoisotopic (exact) mass is 190 g/mol. The maximum atomic E-state index is 8.89. The molecule has 0 aromatic rings. The van der Waals surface area contributed by atoms with Gasteiger partial charge in [-0.1, -0.05) is 0 Å². The van der Waals surface area contributed by atoms with Gasteiger partial charge in [-0.3, -0.25) is 0 Å². The van der Waals surface area contributed by atoms with E-state index in [4.69, 9.17) is 9.90 Å². The van der Waals surface area contributed by atoms with Crippen molar-refractivity contribution < 1.29 is 61.1 Å². The third-order valence-electron chi connectivity index (χ3n) is 0. The van der Waals surface area contributed by atoms with Crippen molar-refractivity contribution in [1.82, 2.24) is 0 Å². The molecule has 8 heavy (non-hydrogen) atoms. The van der Waals surface area contributed by atoms with Gasteiger partial charge in [0.1, 0.15) is 0 Å². The van der Waals surface area contributed by atoms with E-state index in [1.807, 2.05) is 0 Å². The van der Waals surface area contributed by atoms with E-state index in [2.05, 4.69) is 0 Å². The van der Waals surface area contributed by atoms with Crippen molar-refractivity contribution in [3.8, 4) is 0 Å². The van der Waals surface area contributed by atoms with E-state index in [0.717, 1.165) is 6.92 Å². The zero-order valence-electron chi connectivity index (χ0n) is 4.08. The number of rotatable bonds is 0. The summed E-state index contributed by atoms with van der Waals surface area (Å²) in [5.41, 5.74) is 0. The molecule has 0 saturated heterocycles. The Morgan fingerprint density at radius 3 is 1.38 bits per heavy atom. The summed E-state index contributed by atoms with van der Waals surface area (Å²) in [6.07, 6.45) is 0. The smallest absolute Gasteiger partial charge is 2.00 e. The van der Waals surface area contributed by atoms with E-state index in [-0.39, 0.29) is 51.2 Å². The molecule has 0 N–H and O–H groups in total. The van der Waals surface area contributed by atoms with Crippen LogP contribution in [0, 0.1) is 0 Å². The molecule has 0 saturated carbocycles. The van der Waals surface area contributed by atoms with Gasteiger partial charge in [0, 0.05) is 24.5 Å². The van der Waals surface area contributed by atoms with Crippen molar-refractivity contribution >= 4 is 5.97 Å². The Morgan fingerprint density at radius 1 is 1.38 bits per heavy atom. The normalized spacial score (nSPS) is 3.12. The van der Waals surface area contributed by atoms with Crippen LogP contribution in [-0.2, 0) is 56.0 Å². The van der Waals surface area contributed by atoms with Gasteiger partial charge < -0.3 is 20.9 Å². The van der Waals surface area contributed by atoms with Gasteiger partial charge in [-0.05, 0) is 6.92 Å². The molecular weight excluding hydrogens is 187 g/mol. The first-order valence-corrected chi connectivity index (χ1v) is 0.908. The zero-order valence-corrected chi connectivity index (χ0v) is 7.04. The molecule has 6 heteroatoms. The molecule has 45 valence electrons. The summed E-state index contributed by atoms with van der Waals surface area (Å²) < 4.78 is 0. The van der Waals surface area contributed by atoms with Gasteiger partial charge >= 0.3 is 21.7 Å². The Labute approximate surface area is 74.0 Å². The van der Waals surface area contributed by atoms with E-state index in [0.29, 0.717) is 0 Å². The van der Waals surface area contributed by atoms with Crippen LogP contribution in [0.25, 0.3) is 0 Å². The van der Waals surface area contributed by atoms with Crippen LogP contribution in [0.2, 0.25) is 0 Å². The summed E-state index contributed by atoms with van der Waals surface area (Å²) in [6.45, 7) is 0.972. The number of hydrogen-bond donors (Lipinski definition) is 0. The van der Waals surface area contributed by atoms with Gasteiger partial charge in [0.05, 0.1) is 0 Å². The van der Waals surface area contributed by atoms with E-state index in [1.165, 1.54) is 0 Å². The first-order chi connectivity index (χ1) is 1.73. The molecule has 0 fully saturated rings. The molecular formula is C2H3O4TiV-. The molecule has 0 rings (SSSR count). The number of carboxylic acid groups (broad SMARTS) is 1. The Hall–Kier alpha value is 0.689. The fourth-order valence-electron chi connectivity index (χ4n) is 0. The van der Waals surface area contributed by atoms with Gasteiger partial charge in [-0.15, -0.1) is 0 Å². The third-order valence-corrected chi connectivity index (χ3v) is 0. The molecule has 0 spiro atoms. The predicted octanol–water partition coefficient (Wildman–Crippen LogP) is -1.49. The molecule has 0 amide bonds. The first kappa shape index (κ1) is 37.7. The largest absolute Gasteiger partial charge is 4.00 e. The number of hydrogen-bond acceptors (Lipinski definition) is 2. The van der Waals surface area contributed by atoms with Crippen LogP contribution in [0.3, 0.4) is 0 Å². The van der Waals surface area contributed by atoms with Crippen molar-refractivity contribution in [3.05, 3.63) is 0 Å². The minimum atomic E-state index is -1.08. The van der Waals surface area contributed by atoms with Crippen LogP contribution in [0.4, 0.5) is 0 Å². The van der Waals surface area contributed by atoms with Crippen molar-refractivity contribution in [1.29, 1.82) is 0 Å². The number of carbonyl (C=O) groups excluding carboxylic acids is 1. The molecule has 0 atom stereocenters. The molecule has 0 bridgehead atoms. The molecule has 0 aliphatic rings. The van der Waals surface area contributed by atoms with Crippen molar-refractivity contribution in [2.24, 2.45) is 0 Å². The van der Waals surface area contributed by atoms with Gasteiger partial charge in [-0.25, -0.2) is 0 Å². The molecule has 0 aromatic heterocycles. The van der Waals surface area contributed by atoms with Gasteiger partial charge in [-0.2, -0.15) is 0 Å². The second-order valence-electron chi connectivity index (χ2n) is 0.492. The van der Waals surface area contributed by atoms with Crippen LogP contribution >= 0.6 is 0 Å². The fraction of sp³-hybridized carbons (Fsp3) is 0.500. The van der Waals surface area contributed by atoms with Crippen molar-refractivity contribution in [2.45, 2.75) is 6.92 Å². The minimum Gasteiger partial charge on any atom is -2.00 e. The average molecular weight is 190 g/mol. The van der Waals surface area contributed by atoms with E-state index in [1.54, 1.807) is 0 Å². The summed E-state index contributed by atoms with van der Waals surface area (Å²) in [4.78, 5) is 8.89. The van der Waals surface area contributed by atoms with Gasteiger partial charge in [0.15, 0.2) is 0 Å². The van der Waals surface area contributed by atoms with Crippen LogP contribution < -0.4 is 5.11 Å². The summed E-state index contributed by atoms with van der Waals surface area (Å²) in [5.74, 6) is -1.08. The van der Waals surface area contributed by atoms with E-state index in [9.17, 15) is 0 Å². The van der Waals surface area contributed by atoms with Gasteiger partial charge in [0.2, 0.25) is 0 Å². The molecule has 0 unspecified atom stereocenters. The Bertz CT molecular complexity index is 37.0. The van der Waals surface area contributed by atoms with Crippen LogP contribution in [0.1, 0.15) is 6.92 Å². The molecule has 1 radical (unpaired) electrons. The molecule has 0 aliphatic heterocycles. The van der Waals surface area contributed by atoms with Crippen molar-refractivity contribution in [3.63, 3.8) is 0 Å². The van der Waals surface area contributed by atoms with Crippen LogP contribution in [0.5, 0.6) is 0 Å². The summed E-state index contributed by atoms with van der Waals surface area (Å²) in [5, 5.41) is 8.89. The average Bonchev–Trinajstić information content (AvgIpc) is 0.811. The topological polar surface area (TPSA) is 97.1 Å². The molecule has 0 aliphatic carbocycles. The number of carbonyl (C=O) groups is 1. The second kappa shape index (κ2) is 25.3. The summed E-state index contributed by atoms with van der Waals surface area (Å²) in [7, 11) is 0. The number of carboxylic acids is 1. The van der Waals surface area contributed by atoms with Crippen LogP contribution in [-0.4, -0.2) is 5.97 Å².